The number of hydrogen-bond acceptors (Lipinski definition) is 3. The van der Waals surface area contributed by atoms with E-state index in [1.54, 1.807) is 0 Å². The fraction of sp³-hybridized carbons (Fsp3) is 0.500. The first-order valence-electron chi connectivity index (χ1n) is 7.33. The summed E-state index contributed by atoms with van der Waals surface area (Å²) in [5.74, 6) is -0.974. The van der Waals surface area contributed by atoms with Gasteiger partial charge in [0.05, 0.1) is 0 Å². The van der Waals surface area contributed by atoms with Crippen LogP contribution in [0.3, 0.4) is 0 Å². The van der Waals surface area contributed by atoms with Gasteiger partial charge >= 0.3 is 5.97 Å². The highest BCUT2D eigenvalue weighted by Crippen LogP contribution is 2.14. The van der Waals surface area contributed by atoms with Crippen molar-refractivity contribution in [2.45, 2.75) is 44.2 Å². The van der Waals surface area contributed by atoms with Crippen LogP contribution in [0.4, 0.5) is 0 Å². The van der Waals surface area contributed by atoms with Crippen LogP contribution in [0.1, 0.15) is 31.2 Å². The van der Waals surface area contributed by atoms with E-state index in [0.717, 1.165) is 18.4 Å². The van der Waals surface area contributed by atoms with E-state index in [1.165, 1.54) is 0 Å². The number of hydrogen-bond donors (Lipinski definition) is 2. The molecule has 0 aliphatic carbocycles. The summed E-state index contributed by atoms with van der Waals surface area (Å²) in [4.78, 5) is 22.9. The molecule has 5 heteroatoms. The SMILES string of the molecule is O=C(O)CCC(Cc1ccccc1)NC(=O)[C@H]1CCCO1. The lowest BCUT2D eigenvalue weighted by atomic mass is 10.0. The third-order valence-corrected chi connectivity index (χ3v) is 3.60. The van der Waals surface area contributed by atoms with Crippen molar-refractivity contribution in [3.8, 4) is 0 Å². The van der Waals surface area contributed by atoms with Gasteiger partial charge in [-0.15, -0.1) is 0 Å². The zero-order valence-corrected chi connectivity index (χ0v) is 12.0. The number of rotatable bonds is 7. The van der Waals surface area contributed by atoms with Crippen LogP contribution in [-0.2, 0) is 20.7 Å². The number of benzene rings is 1. The Labute approximate surface area is 124 Å². The molecule has 1 fully saturated rings. The second-order valence-corrected chi connectivity index (χ2v) is 5.33. The Morgan fingerprint density at radius 1 is 1.33 bits per heavy atom. The summed E-state index contributed by atoms with van der Waals surface area (Å²) in [6.45, 7) is 0.622. The first-order valence-corrected chi connectivity index (χ1v) is 7.33. The molecule has 0 spiro atoms. The number of ether oxygens (including phenoxy) is 1. The predicted octanol–water partition coefficient (Wildman–Crippen LogP) is 1.76. The molecular weight excluding hydrogens is 270 g/mol. The van der Waals surface area contributed by atoms with Crippen LogP contribution in [0.25, 0.3) is 0 Å². The van der Waals surface area contributed by atoms with Crippen LogP contribution >= 0.6 is 0 Å². The van der Waals surface area contributed by atoms with Crippen molar-refractivity contribution >= 4 is 11.9 Å². The van der Waals surface area contributed by atoms with Crippen molar-refractivity contribution in [3.63, 3.8) is 0 Å². The Morgan fingerprint density at radius 2 is 2.10 bits per heavy atom. The van der Waals surface area contributed by atoms with Crippen LogP contribution in [0.2, 0.25) is 0 Å². The summed E-state index contributed by atoms with van der Waals surface area (Å²) in [7, 11) is 0. The first-order chi connectivity index (χ1) is 10.1. The van der Waals surface area contributed by atoms with E-state index in [1.807, 2.05) is 30.3 Å². The monoisotopic (exact) mass is 291 g/mol. The molecule has 114 valence electrons. The normalized spacial score (nSPS) is 19.1. The highest BCUT2D eigenvalue weighted by molar-refractivity contribution is 5.81. The third kappa shape index (κ3) is 5.19. The lowest BCUT2D eigenvalue weighted by Gasteiger charge is -2.20. The van der Waals surface area contributed by atoms with Gasteiger partial charge in [0.15, 0.2) is 0 Å². The largest absolute Gasteiger partial charge is 0.481 e. The van der Waals surface area contributed by atoms with E-state index < -0.39 is 5.97 Å². The minimum Gasteiger partial charge on any atom is -0.481 e. The predicted molar refractivity (Wildman–Crippen MR) is 77.9 cm³/mol. The van der Waals surface area contributed by atoms with Crippen molar-refractivity contribution < 1.29 is 19.4 Å². The smallest absolute Gasteiger partial charge is 0.303 e. The molecule has 1 unspecified atom stereocenters. The van der Waals surface area contributed by atoms with Gasteiger partial charge in [0.2, 0.25) is 5.91 Å². The van der Waals surface area contributed by atoms with Gasteiger partial charge < -0.3 is 15.2 Å². The Hall–Kier alpha value is -1.88. The molecule has 2 N–H and O–H groups in total. The summed E-state index contributed by atoms with van der Waals surface area (Å²) in [6, 6.07) is 9.58. The van der Waals surface area contributed by atoms with Gasteiger partial charge in [-0.1, -0.05) is 30.3 Å². The van der Waals surface area contributed by atoms with E-state index in [0.29, 0.717) is 19.4 Å². The Kier molecular flexibility index (Phi) is 5.75. The van der Waals surface area contributed by atoms with Gasteiger partial charge in [0.1, 0.15) is 6.10 Å². The van der Waals surface area contributed by atoms with Crippen molar-refractivity contribution in [3.05, 3.63) is 35.9 Å². The van der Waals surface area contributed by atoms with Gasteiger partial charge in [0, 0.05) is 19.1 Å². The van der Waals surface area contributed by atoms with Gasteiger partial charge in [-0.25, -0.2) is 0 Å². The van der Waals surface area contributed by atoms with Gasteiger partial charge in [-0.3, -0.25) is 9.59 Å². The molecule has 1 saturated heterocycles. The van der Waals surface area contributed by atoms with E-state index >= 15 is 0 Å². The number of carboxylic acids is 1. The van der Waals surface area contributed by atoms with Crippen molar-refractivity contribution in [2.75, 3.05) is 6.61 Å². The minimum atomic E-state index is -0.848. The molecule has 1 aliphatic heterocycles. The van der Waals surface area contributed by atoms with Crippen molar-refractivity contribution in [2.24, 2.45) is 0 Å². The highest BCUT2D eigenvalue weighted by atomic mass is 16.5. The second-order valence-electron chi connectivity index (χ2n) is 5.33. The molecule has 1 aromatic rings. The van der Waals surface area contributed by atoms with Gasteiger partial charge in [-0.2, -0.15) is 0 Å². The lowest BCUT2D eigenvalue weighted by Crippen LogP contribution is -2.42. The van der Waals surface area contributed by atoms with Crippen LogP contribution in [0, 0.1) is 0 Å². The molecule has 2 atom stereocenters. The van der Waals surface area contributed by atoms with Crippen molar-refractivity contribution in [1.29, 1.82) is 0 Å². The number of aliphatic carboxylic acids is 1. The summed E-state index contributed by atoms with van der Waals surface area (Å²) in [6.07, 6.45) is 2.35. The summed E-state index contributed by atoms with van der Waals surface area (Å²) in [5, 5.41) is 11.8. The lowest BCUT2D eigenvalue weighted by molar-refractivity contribution is -0.138. The molecule has 1 aliphatic rings. The molecule has 5 nitrogen and oxygen atoms in total. The highest BCUT2D eigenvalue weighted by Gasteiger charge is 2.25. The third-order valence-electron chi connectivity index (χ3n) is 3.60. The van der Waals surface area contributed by atoms with Crippen LogP contribution in [0.5, 0.6) is 0 Å². The van der Waals surface area contributed by atoms with E-state index in [4.69, 9.17) is 9.84 Å². The molecule has 0 bridgehead atoms. The molecule has 1 aromatic carbocycles. The standard InChI is InChI=1S/C16H21NO4/c18-15(19)9-8-13(11-12-5-2-1-3-6-12)17-16(20)14-7-4-10-21-14/h1-3,5-6,13-14H,4,7-11H2,(H,17,20)(H,18,19)/t13?,14-/m1/s1. The Morgan fingerprint density at radius 3 is 2.71 bits per heavy atom. The molecule has 2 rings (SSSR count). The molecule has 1 heterocycles. The Bertz CT molecular complexity index is 468. The number of carbonyl (C=O) groups is 2. The quantitative estimate of drug-likeness (QED) is 0.802. The zero-order valence-electron chi connectivity index (χ0n) is 12.0. The summed E-state index contributed by atoms with van der Waals surface area (Å²) < 4.78 is 5.36. The van der Waals surface area contributed by atoms with E-state index in [2.05, 4.69) is 5.32 Å². The number of amides is 1. The van der Waals surface area contributed by atoms with Crippen LogP contribution in [-0.4, -0.2) is 35.7 Å². The maximum atomic E-state index is 12.1. The fourth-order valence-corrected chi connectivity index (χ4v) is 2.50. The maximum absolute atomic E-state index is 12.1. The number of carbonyl (C=O) groups excluding carboxylic acids is 1. The van der Waals surface area contributed by atoms with Gasteiger partial charge in [0.25, 0.3) is 0 Å². The van der Waals surface area contributed by atoms with Crippen molar-refractivity contribution in [1.82, 2.24) is 5.32 Å². The van der Waals surface area contributed by atoms with Gasteiger partial charge in [-0.05, 0) is 31.2 Å². The number of carboxylic acid groups (broad SMARTS) is 1. The number of nitrogens with one attached hydrogen (secondary N) is 1. The maximum Gasteiger partial charge on any atom is 0.303 e. The fourth-order valence-electron chi connectivity index (χ4n) is 2.50. The second kappa shape index (κ2) is 7.78. The molecule has 21 heavy (non-hydrogen) atoms. The Balaban J connectivity index is 1.94. The molecule has 0 radical (unpaired) electrons. The van der Waals surface area contributed by atoms with Crippen LogP contribution in [0.15, 0.2) is 30.3 Å². The van der Waals surface area contributed by atoms with E-state index in [-0.39, 0.29) is 24.5 Å². The first kappa shape index (κ1) is 15.5. The topological polar surface area (TPSA) is 75.6 Å². The van der Waals surface area contributed by atoms with Crippen LogP contribution < -0.4 is 5.32 Å². The molecule has 0 saturated carbocycles. The average Bonchev–Trinajstić information content (AvgIpc) is 3.00. The molecule has 1 amide bonds. The molecular formula is C16H21NO4. The average molecular weight is 291 g/mol. The molecule has 0 aromatic heterocycles. The van der Waals surface area contributed by atoms with E-state index in [9.17, 15) is 9.59 Å². The zero-order chi connectivity index (χ0) is 15.1. The minimum absolute atomic E-state index is 0.0449. The summed E-state index contributed by atoms with van der Waals surface area (Å²) >= 11 is 0. The summed E-state index contributed by atoms with van der Waals surface area (Å²) in [5.41, 5.74) is 1.08.